The highest BCUT2D eigenvalue weighted by molar-refractivity contribution is 6.34. The van der Waals surface area contributed by atoms with Gasteiger partial charge in [0, 0.05) is 13.1 Å². The van der Waals surface area contributed by atoms with Gasteiger partial charge in [-0.1, -0.05) is 23.2 Å². The minimum Gasteiger partial charge on any atom is -0.342 e. The number of pyridine rings is 1. The molecule has 0 atom stereocenters. The summed E-state index contributed by atoms with van der Waals surface area (Å²) < 4.78 is 0. The maximum atomic E-state index is 11.8. The second kappa shape index (κ2) is 6.21. The number of hydrogen-bond acceptors (Lipinski definition) is 3. The third kappa shape index (κ3) is 3.58. The highest BCUT2D eigenvalue weighted by atomic mass is 35.5. The molecule has 1 saturated heterocycles. The summed E-state index contributed by atoms with van der Waals surface area (Å²) in [5.74, 6) is -0.593. The molecule has 0 aliphatic carbocycles. The summed E-state index contributed by atoms with van der Waals surface area (Å²) in [4.78, 5) is 29.2. The molecule has 1 aliphatic heterocycles. The number of nitrogens with one attached hydrogen (secondary N) is 1. The number of halogens is 2. The summed E-state index contributed by atoms with van der Waals surface area (Å²) in [5, 5.41) is 2.89. The molecule has 102 valence electrons. The number of rotatable bonds is 3. The fourth-order valence-electron chi connectivity index (χ4n) is 1.90. The number of aromatic nitrogens is 1. The Balaban J connectivity index is 1.93. The van der Waals surface area contributed by atoms with Crippen LogP contribution in [0.2, 0.25) is 10.2 Å². The number of likely N-dealkylation sites (tertiary alicyclic amines) is 1. The predicted octanol–water partition coefficient (Wildman–Crippen LogP) is 1.74. The van der Waals surface area contributed by atoms with E-state index in [1.807, 2.05) is 0 Å². The van der Waals surface area contributed by atoms with E-state index in [4.69, 9.17) is 23.2 Å². The second-order valence-electron chi connectivity index (χ2n) is 4.23. The van der Waals surface area contributed by atoms with Crippen LogP contribution in [0.15, 0.2) is 12.1 Å². The molecule has 1 fully saturated rings. The van der Waals surface area contributed by atoms with Gasteiger partial charge < -0.3 is 10.2 Å². The van der Waals surface area contributed by atoms with Crippen LogP contribution >= 0.6 is 23.2 Å². The van der Waals surface area contributed by atoms with Gasteiger partial charge in [-0.2, -0.15) is 0 Å². The second-order valence-corrected chi connectivity index (χ2v) is 5.03. The number of amides is 2. The Hall–Kier alpha value is -1.33. The van der Waals surface area contributed by atoms with Crippen molar-refractivity contribution >= 4 is 35.0 Å². The summed E-state index contributed by atoms with van der Waals surface area (Å²) in [6.07, 6.45) is 2.03. The number of carbonyl (C=O) groups is 2. The summed E-state index contributed by atoms with van der Waals surface area (Å²) >= 11 is 11.6. The Labute approximate surface area is 120 Å². The Morgan fingerprint density at radius 3 is 2.63 bits per heavy atom. The van der Waals surface area contributed by atoms with Crippen LogP contribution in [0.25, 0.3) is 0 Å². The van der Waals surface area contributed by atoms with Crippen molar-refractivity contribution in [1.82, 2.24) is 15.2 Å². The lowest BCUT2D eigenvalue weighted by molar-refractivity contribution is -0.129. The number of nitrogens with zero attached hydrogens (tertiary/aromatic N) is 2. The molecule has 1 aromatic heterocycles. The van der Waals surface area contributed by atoms with Gasteiger partial charge >= 0.3 is 0 Å². The highest BCUT2D eigenvalue weighted by Gasteiger charge is 2.19. The van der Waals surface area contributed by atoms with Gasteiger partial charge in [-0.15, -0.1) is 0 Å². The van der Waals surface area contributed by atoms with Crippen molar-refractivity contribution in [3.8, 4) is 0 Å². The van der Waals surface area contributed by atoms with Crippen molar-refractivity contribution in [1.29, 1.82) is 0 Å². The molecule has 0 unspecified atom stereocenters. The SMILES string of the molecule is O=C(NCC(=O)N1CCCC1)c1nc(Cl)ccc1Cl. The van der Waals surface area contributed by atoms with Crippen molar-refractivity contribution < 1.29 is 9.59 Å². The van der Waals surface area contributed by atoms with E-state index in [1.165, 1.54) is 12.1 Å². The summed E-state index contributed by atoms with van der Waals surface area (Å²) in [7, 11) is 0. The molecule has 0 radical (unpaired) electrons. The molecule has 0 bridgehead atoms. The average Bonchev–Trinajstić information content (AvgIpc) is 2.92. The van der Waals surface area contributed by atoms with E-state index in [-0.39, 0.29) is 28.3 Å². The van der Waals surface area contributed by atoms with Crippen LogP contribution in [0.1, 0.15) is 23.3 Å². The zero-order valence-corrected chi connectivity index (χ0v) is 11.7. The van der Waals surface area contributed by atoms with Crippen molar-refractivity contribution in [3.63, 3.8) is 0 Å². The van der Waals surface area contributed by atoms with Crippen LogP contribution < -0.4 is 5.32 Å². The Morgan fingerprint density at radius 2 is 1.95 bits per heavy atom. The van der Waals surface area contributed by atoms with Gasteiger partial charge in [0.1, 0.15) is 10.8 Å². The fourth-order valence-corrected chi connectivity index (χ4v) is 2.23. The first-order chi connectivity index (χ1) is 9.08. The molecule has 2 rings (SSSR count). The van der Waals surface area contributed by atoms with Gasteiger partial charge in [0.15, 0.2) is 0 Å². The first kappa shape index (κ1) is 14.1. The Kier molecular flexibility index (Phi) is 4.61. The lowest BCUT2D eigenvalue weighted by atomic mass is 10.3. The quantitative estimate of drug-likeness (QED) is 0.865. The molecule has 1 aliphatic rings. The van der Waals surface area contributed by atoms with Crippen LogP contribution in [-0.4, -0.2) is 41.3 Å². The zero-order chi connectivity index (χ0) is 13.8. The van der Waals surface area contributed by atoms with E-state index in [9.17, 15) is 9.59 Å². The topological polar surface area (TPSA) is 62.3 Å². The van der Waals surface area contributed by atoms with Crippen LogP contribution in [0.4, 0.5) is 0 Å². The maximum absolute atomic E-state index is 11.8. The minimum absolute atomic E-state index is 0.0309. The van der Waals surface area contributed by atoms with Gasteiger partial charge in [-0.3, -0.25) is 9.59 Å². The molecule has 2 heterocycles. The lowest BCUT2D eigenvalue weighted by Crippen LogP contribution is -2.38. The van der Waals surface area contributed by atoms with Gasteiger partial charge in [0.2, 0.25) is 5.91 Å². The molecule has 0 aromatic carbocycles. The molecule has 19 heavy (non-hydrogen) atoms. The molecular weight excluding hydrogens is 289 g/mol. The van der Waals surface area contributed by atoms with Crippen LogP contribution in [0, 0.1) is 0 Å². The highest BCUT2D eigenvalue weighted by Crippen LogP contribution is 2.16. The van der Waals surface area contributed by atoms with Gasteiger partial charge in [0.05, 0.1) is 11.6 Å². The van der Waals surface area contributed by atoms with Crippen molar-refractivity contribution in [2.75, 3.05) is 19.6 Å². The minimum atomic E-state index is -0.500. The van der Waals surface area contributed by atoms with Crippen molar-refractivity contribution in [2.45, 2.75) is 12.8 Å². The molecule has 2 amide bonds. The average molecular weight is 302 g/mol. The van der Waals surface area contributed by atoms with E-state index in [2.05, 4.69) is 10.3 Å². The summed E-state index contributed by atoms with van der Waals surface area (Å²) in [5.41, 5.74) is 0.0309. The fraction of sp³-hybridized carbons (Fsp3) is 0.417. The van der Waals surface area contributed by atoms with Crippen LogP contribution in [0.5, 0.6) is 0 Å². The maximum Gasteiger partial charge on any atom is 0.271 e. The molecule has 7 heteroatoms. The van der Waals surface area contributed by atoms with E-state index in [0.717, 1.165) is 25.9 Å². The molecule has 1 aromatic rings. The van der Waals surface area contributed by atoms with E-state index in [1.54, 1.807) is 4.90 Å². The Bertz CT molecular complexity index is 502. The van der Waals surface area contributed by atoms with Gasteiger partial charge in [-0.05, 0) is 25.0 Å². The van der Waals surface area contributed by atoms with Crippen molar-refractivity contribution in [3.05, 3.63) is 28.0 Å². The normalized spacial score (nSPS) is 14.5. The molecular formula is C12H13Cl2N3O2. The third-order valence-corrected chi connectivity index (χ3v) is 3.40. The van der Waals surface area contributed by atoms with E-state index >= 15 is 0 Å². The predicted molar refractivity (Wildman–Crippen MR) is 72.4 cm³/mol. The van der Waals surface area contributed by atoms with Gasteiger partial charge in [0.25, 0.3) is 5.91 Å². The smallest absolute Gasteiger partial charge is 0.271 e. The lowest BCUT2D eigenvalue weighted by Gasteiger charge is -2.15. The summed E-state index contributed by atoms with van der Waals surface area (Å²) in [6.45, 7) is 1.46. The largest absolute Gasteiger partial charge is 0.342 e. The molecule has 0 spiro atoms. The Morgan fingerprint density at radius 1 is 1.26 bits per heavy atom. The molecule has 1 N–H and O–H groups in total. The van der Waals surface area contributed by atoms with Crippen molar-refractivity contribution in [2.24, 2.45) is 0 Å². The van der Waals surface area contributed by atoms with Crippen LogP contribution in [0.3, 0.4) is 0 Å². The monoisotopic (exact) mass is 301 g/mol. The van der Waals surface area contributed by atoms with Crippen LogP contribution in [-0.2, 0) is 4.79 Å². The summed E-state index contributed by atoms with van der Waals surface area (Å²) in [6, 6.07) is 2.99. The number of hydrogen-bond donors (Lipinski definition) is 1. The first-order valence-corrected chi connectivity index (χ1v) is 6.71. The zero-order valence-electron chi connectivity index (χ0n) is 10.2. The number of carbonyl (C=O) groups excluding carboxylic acids is 2. The molecule has 5 nitrogen and oxygen atoms in total. The van der Waals surface area contributed by atoms with Gasteiger partial charge in [-0.25, -0.2) is 4.98 Å². The first-order valence-electron chi connectivity index (χ1n) is 5.96. The third-order valence-electron chi connectivity index (χ3n) is 2.89. The standard InChI is InChI=1S/C12H13Cl2N3O2/c13-8-3-4-9(14)16-11(8)12(19)15-7-10(18)17-5-1-2-6-17/h3-4H,1-2,5-7H2,(H,15,19). The van der Waals surface area contributed by atoms with E-state index < -0.39 is 5.91 Å². The van der Waals surface area contributed by atoms with E-state index in [0.29, 0.717) is 0 Å². The molecule has 0 saturated carbocycles.